The van der Waals surface area contributed by atoms with Gasteiger partial charge in [0.15, 0.2) is 0 Å². The molecule has 0 aliphatic rings. The van der Waals surface area contributed by atoms with Crippen LogP contribution in [0.2, 0.25) is 0 Å². The van der Waals surface area contributed by atoms with E-state index in [1.807, 2.05) is 6.07 Å². The summed E-state index contributed by atoms with van der Waals surface area (Å²) in [6.07, 6.45) is 2.07. The first kappa shape index (κ1) is 10.5. The van der Waals surface area contributed by atoms with Crippen LogP contribution >= 0.6 is 39.0 Å². The second kappa shape index (κ2) is 4.23. The lowest BCUT2D eigenvalue weighted by Gasteiger charge is -2.02. The Labute approximate surface area is 99.3 Å². The van der Waals surface area contributed by atoms with E-state index in [1.54, 1.807) is 23.1 Å². The molecule has 0 atom stereocenters. The predicted molar refractivity (Wildman–Crippen MR) is 67.2 cm³/mol. The van der Waals surface area contributed by atoms with Crippen LogP contribution in [-0.4, -0.2) is 11.4 Å². The Balaban J connectivity index is 2.77. The van der Waals surface area contributed by atoms with Gasteiger partial charge < -0.3 is 5.11 Å². The molecular weight excluding hydrogens is 280 g/mol. The van der Waals surface area contributed by atoms with E-state index in [9.17, 15) is 5.11 Å². The van der Waals surface area contributed by atoms with Gasteiger partial charge in [0.05, 0.1) is 10.4 Å². The fourth-order valence-corrected chi connectivity index (χ4v) is 3.71. The Hall–Kier alpha value is -0.0300. The van der Waals surface area contributed by atoms with Gasteiger partial charge in [-0.3, -0.25) is 0 Å². The van der Waals surface area contributed by atoms with Gasteiger partial charge in [-0.25, -0.2) is 0 Å². The number of hydrogen-bond donors (Lipinski definition) is 1. The first-order chi connectivity index (χ1) is 6.76. The lowest BCUT2D eigenvalue weighted by Crippen LogP contribution is -1.83. The number of aliphatic hydroxyl groups is 1. The molecule has 0 aliphatic carbocycles. The summed E-state index contributed by atoms with van der Waals surface area (Å²) >= 11 is 6.89. The number of aliphatic hydroxyl groups excluding tert-OH is 1. The largest absolute Gasteiger partial charge is 0.392 e. The Morgan fingerprint density at radius 3 is 2.93 bits per heavy atom. The molecule has 0 fully saturated rings. The summed E-state index contributed by atoms with van der Waals surface area (Å²) in [6, 6.07) is 6.18. The maximum atomic E-state index is 9.19. The zero-order valence-electron chi connectivity index (χ0n) is 7.58. The normalized spacial score (nSPS) is 11.1. The van der Waals surface area contributed by atoms with Crippen LogP contribution in [0.15, 0.2) is 26.9 Å². The van der Waals surface area contributed by atoms with Gasteiger partial charge in [-0.15, -0.1) is 23.1 Å². The molecule has 0 spiro atoms. The van der Waals surface area contributed by atoms with E-state index in [0.29, 0.717) is 0 Å². The first-order valence-electron chi connectivity index (χ1n) is 4.12. The molecule has 74 valence electrons. The van der Waals surface area contributed by atoms with Crippen molar-refractivity contribution in [1.82, 2.24) is 0 Å². The third-order valence-corrected chi connectivity index (χ3v) is 4.59. The van der Waals surface area contributed by atoms with Gasteiger partial charge >= 0.3 is 0 Å². The fraction of sp³-hybridized carbons (Fsp3) is 0.200. The second-order valence-electron chi connectivity index (χ2n) is 2.88. The quantitative estimate of drug-likeness (QED) is 0.847. The van der Waals surface area contributed by atoms with Gasteiger partial charge in [0, 0.05) is 15.0 Å². The molecule has 2 rings (SSSR count). The number of thioether (sulfide) groups is 1. The Kier molecular flexibility index (Phi) is 3.17. The number of benzene rings is 1. The van der Waals surface area contributed by atoms with Crippen LogP contribution in [-0.2, 0) is 6.61 Å². The summed E-state index contributed by atoms with van der Waals surface area (Å²) in [6.45, 7) is 0.109. The van der Waals surface area contributed by atoms with Crippen molar-refractivity contribution in [3.8, 4) is 0 Å². The summed E-state index contributed by atoms with van der Waals surface area (Å²) in [5.41, 5.74) is 1.01. The molecule has 14 heavy (non-hydrogen) atoms. The van der Waals surface area contributed by atoms with Gasteiger partial charge in [0.1, 0.15) is 0 Å². The lowest BCUT2D eigenvalue weighted by molar-refractivity contribution is 0.283. The number of halogens is 1. The number of rotatable bonds is 2. The van der Waals surface area contributed by atoms with E-state index in [-0.39, 0.29) is 6.61 Å². The monoisotopic (exact) mass is 288 g/mol. The van der Waals surface area contributed by atoms with Crippen LogP contribution < -0.4 is 0 Å². The van der Waals surface area contributed by atoms with Crippen molar-refractivity contribution in [3.63, 3.8) is 0 Å². The first-order valence-corrected chi connectivity index (χ1v) is 6.95. The van der Waals surface area contributed by atoms with Gasteiger partial charge in [-0.05, 0) is 39.9 Å². The molecule has 0 unspecified atom stereocenters. The average molecular weight is 289 g/mol. The second-order valence-corrected chi connectivity index (χ2v) is 6.16. The molecule has 1 heterocycles. The minimum absolute atomic E-state index is 0.109. The highest BCUT2D eigenvalue weighted by atomic mass is 79.9. The van der Waals surface area contributed by atoms with Crippen molar-refractivity contribution in [2.45, 2.75) is 11.5 Å². The predicted octanol–water partition coefficient (Wildman–Crippen LogP) is 3.88. The number of fused-ring (bicyclic) bond motifs is 1. The van der Waals surface area contributed by atoms with Crippen LogP contribution in [0.25, 0.3) is 10.1 Å². The Morgan fingerprint density at radius 2 is 2.29 bits per heavy atom. The average Bonchev–Trinajstić information content (AvgIpc) is 2.57. The van der Waals surface area contributed by atoms with Crippen molar-refractivity contribution in [1.29, 1.82) is 0 Å². The molecule has 0 bridgehead atoms. The van der Waals surface area contributed by atoms with Crippen LogP contribution in [0.1, 0.15) is 5.56 Å². The minimum Gasteiger partial charge on any atom is -0.392 e. The van der Waals surface area contributed by atoms with E-state index < -0.39 is 0 Å². The molecule has 0 saturated carbocycles. The zero-order valence-corrected chi connectivity index (χ0v) is 10.8. The van der Waals surface area contributed by atoms with E-state index in [2.05, 4.69) is 34.3 Å². The van der Waals surface area contributed by atoms with E-state index in [1.165, 1.54) is 15.0 Å². The van der Waals surface area contributed by atoms with Gasteiger partial charge in [0.25, 0.3) is 0 Å². The molecule has 0 aliphatic heterocycles. The van der Waals surface area contributed by atoms with Crippen LogP contribution in [0.5, 0.6) is 0 Å². The molecule has 0 amide bonds. The SMILES string of the molecule is CSc1ccc(CO)c2sc(Br)cc12. The molecule has 2 aromatic rings. The standard InChI is InChI=1S/C10H9BrOS2/c1-13-8-3-2-6(5-12)10-7(8)4-9(11)14-10/h2-4,12H,5H2,1H3. The lowest BCUT2D eigenvalue weighted by atomic mass is 10.2. The van der Waals surface area contributed by atoms with Gasteiger partial charge in [-0.1, -0.05) is 6.07 Å². The molecule has 1 N–H and O–H groups in total. The van der Waals surface area contributed by atoms with E-state index in [4.69, 9.17) is 0 Å². The molecular formula is C10H9BrOS2. The minimum atomic E-state index is 0.109. The van der Waals surface area contributed by atoms with Crippen molar-refractivity contribution in [3.05, 3.63) is 27.5 Å². The summed E-state index contributed by atoms with van der Waals surface area (Å²) in [5, 5.41) is 10.4. The van der Waals surface area contributed by atoms with E-state index in [0.717, 1.165) is 9.35 Å². The van der Waals surface area contributed by atoms with Gasteiger partial charge in [-0.2, -0.15) is 0 Å². The maximum absolute atomic E-state index is 9.19. The van der Waals surface area contributed by atoms with Crippen molar-refractivity contribution < 1.29 is 5.11 Å². The van der Waals surface area contributed by atoms with Crippen LogP contribution in [0, 0.1) is 0 Å². The van der Waals surface area contributed by atoms with Crippen molar-refractivity contribution >= 4 is 49.1 Å². The molecule has 1 aromatic heterocycles. The highest BCUT2D eigenvalue weighted by molar-refractivity contribution is 9.11. The smallest absolute Gasteiger partial charge is 0.0711 e. The van der Waals surface area contributed by atoms with Crippen molar-refractivity contribution in [2.24, 2.45) is 0 Å². The topological polar surface area (TPSA) is 20.2 Å². The van der Waals surface area contributed by atoms with E-state index >= 15 is 0 Å². The Bertz CT molecular complexity index is 423. The zero-order chi connectivity index (χ0) is 10.1. The third-order valence-electron chi connectivity index (χ3n) is 2.09. The molecule has 0 saturated heterocycles. The number of hydrogen-bond acceptors (Lipinski definition) is 3. The molecule has 1 nitrogen and oxygen atoms in total. The summed E-state index contributed by atoms with van der Waals surface area (Å²) in [7, 11) is 0. The molecule has 4 heteroatoms. The third kappa shape index (κ3) is 1.72. The maximum Gasteiger partial charge on any atom is 0.0711 e. The fourth-order valence-electron chi connectivity index (χ4n) is 1.43. The Morgan fingerprint density at radius 1 is 1.50 bits per heavy atom. The van der Waals surface area contributed by atoms with Crippen LogP contribution in [0.4, 0.5) is 0 Å². The number of thiophene rings is 1. The highest BCUT2D eigenvalue weighted by Gasteiger charge is 2.08. The summed E-state index contributed by atoms with van der Waals surface area (Å²) in [4.78, 5) is 1.26. The molecule has 0 radical (unpaired) electrons. The summed E-state index contributed by atoms with van der Waals surface area (Å²) in [5.74, 6) is 0. The summed E-state index contributed by atoms with van der Waals surface area (Å²) < 4.78 is 2.30. The molecule has 1 aromatic carbocycles. The van der Waals surface area contributed by atoms with Gasteiger partial charge in [0.2, 0.25) is 0 Å². The highest BCUT2D eigenvalue weighted by Crippen LogP contribution is 2.37. The van der Waals surface area contributed by atoms with Crippen LogP contribution in [0.3, 0.4) is 0 Å². The van der Waals surface area contributed by atoms with Crippen molar-refractivity contribution in [2.75, 3.05) is 6.26 Å².